The van der Waals surface area contributed by atoms with E-state index in [0.29, 0.717) is 4.12 Å². The van der Waals surface area contributed by atoms with Gasteiger partial charge in [0.15, 0.2) is 0 Å². The zero-order chi connectivity index (χ0) is 17.0. The number of hydrogen-bond acceptors (Lipinski definition) is 2. The molecule has 0 aromatic heterocycles. The topological polar surface area (TPSA) is 29.5 Å². The van der Waals surface area contributed by atoms with Crippen LogP contribution in [0.15, 0.2) is 0 Å². The zero-order valence-corrected chi connectivity index (χ0v) is 19.0. The molecule has 0 aliphatic carbocycles. The van der Waals surface area contributed by atoms with Crippen molar-refractivity contribution in [3.8, 4) is 0 Å². The molecule has 0 saturated carbocycles. The fourth-order valence-electron chi connectivity index (χ4n) is 3.60. The quantitative estimate of drug-likeness (QED) is 0.352. The van der Waals surface area contributed by atoms with Crippen molar-refractivity contribution in [1.29, 1.82) is 0 Å². The van der Waals surface area contributed by atoms with Gasteiger partial charge in [-0.2, -0.15) is 0 Å². The number of aliphatic hydroxyl groups is 1. The summed E-state index contributed by atoms with van der Waals surface area (Å²) in [6.07, 6.45) is 8.81. The molecule has 2 nitrogen and oxygen atoms in total. The third kappa shape index (κ3) is 9.12. The van der Waals surface area contributed by atoms with Crippen molar-refractivity contribution in [2.75, 3.05) is 0 Å². The Labute approximate surface area is 144 Å². The predicted octanol–water partition coefficient (Wildman–Crippen LogP) is 5.94. The number of rotatable bonds is 14. The summed E-state index contributed by atoms with van der Waals surface area (Å²) in [6.45, 7) is 13.3. The molecule has 0 saturated heterocycles. The third-order valence-electron chi connectivity index (χ3n) is 5.06. The molecular formula is C19H42O2Sn. The summed E-state index contributed by atoms with van der Waals surface area (Å²) in [7, 11) is 0. The molecule has 1 N–H and O–H groups in total. The Morgan fingerprint density at radius 2 is 1.23 bits per heavy atom. The summed E-state index contributed by atoms with van der Waals surface area (Å²) < 4.78 is 11.4. The zero-order valence-electron chi connectivity index (χ0n) is 16.2. The van der Waals surface area contributed by atoms with Crippen LogP contribution in [0.3, 0.4) is 0 Å². The van der Waals surface area contributed by atoms with Crippen molar-refractivity contribution in [2.24, 2.45) is 0 Å². The van der Waals surface area contributed by atoms with Gasteiger partial charge >= 0.3 is 144 Å². The molecule has 0 bridgehead atoms. The second-order valence-electron chi connectivity index (χ2n) is 7.35. The molecule has 0 aromatic carbocycles. The van der Waals surface area contributed by atoms with Crippen LogP contribution in [0, 0.1) is 0 Å². The van der Waals surface area contributed by atoms with Crippen LogP contribution in [-0.4, -0.2) is 39.8 Å². The van der Waals surface area contributed by atoms with E-state index in [2.05, 4.69) is 34.6 Å². The normalized spacial score (nSPS) is 16.5. The van der Waals surface area contributed by atoms with Gasteiger partial charge in [-0.25, -0.2) is 0 Å². The van der Waals surface area contributed by atoms with Crippen molar-refractivity contribution >= 4 is 18.4 Å². The second kappa shape index (κ2) is 13.1. The monoisotopic (exact) mass is 422 g/mol. The van der Waals surface area contributed by atoms with E-state index >= 15 is 0 Å². The Hall–Kier alpha value is 0.719. The van der Waals surface area contributed by atoms with Crippen LogP contribution >= 0.6 is 0 Å². The van der Waals surface area contributed by atoms with Gasteiger partial charge in [0.25, 0.3) is 0 Å². The number of ether oxygens (including phenoxy) is 1. The Bertz CT molecular complexity index is 234. The van der Waals surface area contributed by atoms with Gasteiger partial charge in [-0.1, -0.05) is 0 Å². The van der Waals surface area contributed by atoms with Crippen LogP contribution in [0.25, 0.3) is 0 Å². The van der Waals surface area contributed by atoms with Crippen LogP contribution in [0.5, 0.6) is 0 Å². The summed E-state index contributed by atoms with van der Waals surface area (Å²) >= 11 is -2.25. The van der Waals surface area contributed by atoms with Gasteiger partial charge in [0.2, 0.25) is 0 Å². The molecule has 0 amide bonds. The number of aliphatic hydroxyl groups excluding tert-OH is 1. The van der Waals surface area contributed by atoms with Crippen LogP contribution in [0.1, 0.15) is 86.5 Å². The van der Waals surface area contributed by atoms with E-state index in [4.69, 9.17) is 4.74 Å². The number of unbranched alkanes of at least 4 members (excludes halogenated alkanes) is 3. The summed E-state index contributed by atoms with van der Waals surface area (Å²) in [6, 6.07) is 0. The van der Waals surface area contributed by atoms with E-state index in [9.17, 15) is 5.11 Å². The van der Waals surface area contributed by atoms with Crippen molar-refractivity contribution in [1.82, 2.24) is 0 Å². The first kappa shape index (κ1) is 22.7. The fourth-order valence-corrected chi connectivity index (χ4v) is 19.8. The molecule has 0 aliphatic heterocycles. The van der Waals surface area contributed by atoms with E-state index in [1.807, 2.05) is 6.92 Å². The fraction of sp³-hybridized carbons (Fsp3) is 1.00. The van der Waals surface area contributed by atoms with Gasteiger partial charge in [-0.3, -0.25) is 0 Å². The molecule has 0 heterocycles. The number of hydrogen-bond donors (Lipinski definition) is 1. The predicted molar refractivity (Wildman–Crippen MR) is 101 cm³/mol. The van der Waals surface area contributed by atoms with Gasteiger partial charge in [-0.05, 0) is 0 Å². The van der Waals surface area contributed by atoms with Gasteiger partial charge in [0.05, 0.1) is 0 Å². The Morgan fingerprint density at radius 3 is 1.55 bits per heavy atom. The maximum atomic E-state index is 9.60. The van der Waals surface area contributed by atoms with E-state index < -0.39 is 18.4 Å². The van der Waals surface area contributed by atoms with Gasteiger partial charge in [0, 0.05) is 0 Å². The Balaban J connectivity index is 4.93. The van der Waals surface area contributed by atoms with Gasteiger partial charge in [0.1, 0.15) is 0 Å². The minimum atomic E-state index is -2.25. The third-order valence-corrected chi connectivity index (χ3v) is 21.9. The van der Waals surface area contributed by atoms with E-state index in [1.54, 1.807) is 0 Å². The average Bonchev–Trinajstić information content (AvgIpc) is 2.45. The molecule has 0 aliphatic rings. The summed E-state index contributed by atoms with van der Waals surface area (Å²) in [4.78, 5) is 0. The molecule has 22 heavy (non-hydrogen) atoms. The molecule has 0 spiro atoms. The summed E-state index contributed by atoms with van der Waals surface area (Å²) in [5.41, 5.74) is 0. The van der Waals surface area contributed by atoms with Gasteiger partial charge in [-0.15, -0.1) is 0 Å². The summed E-state index contributed by atoms with van der Waals surface area (Å²) in [5.74, 6) is 0. The molecule has 0 fully saturated rings. The molecule has 3 atom stereocenters. The molecule has 0 aromatic rings. The molecule has 0 radical (unpaired) electrons. The molecule has 0 rings (SSSR count). The minimum absolute atomic E-state index is 0.191. The van der Waals surface area contributed by atoms with Crippen LogP contribution in [0.4, 0.5) is 0 Å². The first-order valence-corrected chi connectivity index (χ1v) is 17.5. The Morgan fingerprint density at radius 1 is 0.818 bits per heavy atom. The first-order chi connectivity index (χ1) is 10.4. The van der Waals surface area contributed by atoms with Crippen molar-refractivity contribution in [2.45, 2.75) is 116 Å². The average molecular weight is 421 g/mol. The molecule has 3 heteroatoms. The van der Waals surface area contributed by atoms with Crippen LogP contribution < -0.4 is 0 Å². The maximum absolute atomic E-state index is 9.60. The van der Waals surface area contributed by atoms with Crippen molar-refractivity contribution < 1.29 is 9.84 Å². The standard InChI is InChI=1S/C7H15O2.3C4H9.Sn/c1-4-9-7(3)5-6(2)8;3*1-3-4-2;/h4,6-8H,5H2,1-3H3;3*1,3-4H2,2H3;/t6-,7-;;;;/m1..../s1. The van der Waals surface area contributed by atoms with Crippen LogP contribution in [0.2, 0.25) is 13.3 Å². The van der Waals surface area contributed by atoms with Crippen LogP contribution in [-0.2, 0) is 4.74 Å². The molecule has 134 valence electrons. The molecular weight excluding hydrogens is 379 g/mol. The molecule has 0 unspecified atom stereocenters. The Kier molecular flexibility index (Phi) is 13.5. The summed E-state index contributed by atoms with van der Waals surface area (Å²) in [5, 5.41) is 9.60. The SMILES string of the molecule is CCC[CH2][Sn]([CH2]CCC)([CH2]CCC)[C@@H](C)O[C@H](C)C[C@@H](C)O. The second-order valence-corrected chi connectivity index (χ2v) is 21.7. The first-order valence-electron chi connectivity index (χ1n) is 9.75. The van der Waals surface area contributed by atoms with Gasteiger partial charge < -0.3 is 0 Å². The van der Waals surface area contributed by atoms with Crippen molar-refractivity contribution in [3.63, 3.8) is 0 Å². The van der Waals surface area contributed by atoms with E-state index in [0.717, 1.165) is 6.42 Å². The van der Waals surface area contributed by atoms with E-state index in [-0.39, 0.29) is 12.2 Å². The van der Waals surface area contributed by atoms with Crippen molar-refractivity contribution in [3.05, 3.63) is 0 Å². The van der Waals surface area contributed by atoms with E-state index in [1.165, 1.54) is 51.8 Å².